The van der Waals surface area contributed by atoms with E-state index < -0.39 is 0 Å². The highest BCUT2D eigenvalue weighted by Gasteiger charge is 2.31. The highest BCUT2D eigenvalue weighted by atomic mass is 16.5. The van der Waals surface area contributed by atoms with Crippen molar-refractivity contribution in [1.82, 2.24) is 14.7 Å². The third-order valence-corrected chi connectivity index (χ3v) is 6.96. The number of carbonyl (C=O) groups is 3. The average Bonchev–Trinajstić information content (AvgIpc) is 2.76. The minimum atomic E-state index is -0.254. The zero-order valence-electron chi connectivity index (χ0n) is 21.9. The fourth-order valence-electron chi connectivity index (χ4n) is 4.48. The second-order valence-electron chi connectivity index (χ2n) is 10.2. The van der Waals surface area contributed by atoms with E-state index in [0.29, 0.717) is 36.6 Å². The lowest BCUT2D eigenvalue weighted by atomic mass is 9.85. The Hall–Kier alpha value is -2.65. The first-order chi connectivity index (χ1) is 16.6. The number of ether oxygens (including phenoxy) is 2. The third-order valence-electron chi connectivity index (χ3n) is 6.96. The number of anilines is 1. The molecule has 194 valence electrons. The quantitative estimate of drug-likeness (QED) is 0.684. The van der Waals surface area contributed by atoms with E-state index in [1.807, 2.05) is 37.7 Å². The molecular formula is C26H40N4O5. The molecule has 1 aliphatic carbocycles. The van der Waals surface area contributed by atoms with Crippen LogP contribution >= 0.6 is 0 Å². The molecule has 1 aromatic rings. The minimum Gasteiger partial charge on any atom is -0.491 e. The fraction of sp³-hybridized carbons (Fsp3) is 0.654. The van der Waals surface area contributed by atoms with Crippen LogP contribution in [0.3, 0.4) is 0 Å². The number of carbonyl (C=O) groups excluding carboxylic acids is 3. The molecule has 1 aliphatic heterocycles. The highest BCUT2D eigenvalue weighted by Crippen LogP contribution is 2.30. The van der Waals surface area contributed by atoms with Crippen molar-refractivity contribution in [2.75, 3.05) is 59.8 Å². The molecule has 1 fully saturated rings. The number of fused-ring (bicyclic) bond motifs is 1. The first kappa shape index (κ1) is 26.9. The number of benzene rings is 1. The van der Waals surface area contributed by atoms with Gasteiger partial charge in [0.25, 0.3) is 5.91 Å². The number of nitrogens with zero attached hydrogens (tertiary/aromatic N) is 3. The number of amides is 3. The Kier molecular flexibility index (Phi) is 9.13. The molecule has 0 unspecified atom stereocenters. The molecule has 2 aliphatic rings. The third kappa shape index (κ3) is 6.73. The van der Waals surface area contributed by atoms with Crippen molar-refractivity contribution in [3.8, 4) is 5.75 Å². The second kappa shape index (κ2) is 11.9. The Balaban J connectivity index is 1.91. The van der Waals surface area contributed by atoms with Crippen molar-refractivity contribution < 1.29 is 23.9 Å². The van der Waals surface area contributed by atoms with E-state index in [1.54, 1.807) is 37.3 Å². The summed E-state index contributed by atoms with van der Waals surface area (Å²) in [7, 11) is 7.10. The van der Waals surface area contributed by atoms with Crippen LogP contribution in [0.1, 0.15) is 43.5 Å². The number of likely N-dealkylation sites (N-methyl/N-ethyl adjacent to an activating group) is 2. The van der Waals surface area contributed by atoms with Gasteiger partial charge in [0.1, 0.15) is 12.4 Å². The molecule has 1 heterocycles. The van der Waals surface area contributed by atoms with E-state index in [4.69, 9.17) is 9.47 Å². The maximum Gasteiger partial charge on any atom is 0.257 e. The normalized spacial score (nSPS) is 24.1. The summed E-state index contributed by atoms with van der Waals surface area (Å²) in [5, 5.41) is 2.94. The second-order valence-corrected chi connectivity index (χ2v) is 10.2. The van der Waals surface area contributed by atoms with E-state index in [0.717, 1.165) is 19.3 Å². The Morgan fingerprint density at radius 3 is 2.51 bits per heavy atom. The van der Waals surface area contributed by atoms with Crippen molar-refractivity contribution >= 4 is 23.4 Å². The Morgan fingerprint density at radius 1 is 1.20 bits per heavy atom. The van der Waals surface area contributed by atoms with Crippen molar-refractivity contribution in [2.45, 2.75) is 45.3 Å². The van der Waals surface area contributed by atoms with Crippen LogP contribution in [0.2, 0.25) is 0 Å². The summed E-state index contributed by atoms with van der Waals surface area (Å²) in [6.45, 7) is 5.38. The minimum absolute atomic E-state index is 0.00388. The lowest BCUT2D eigenvalue weighted by molar-refractivity contribution is -0.136. The van der Waals surface area contributed by atoms with Gasteiger partial charge < -0.3 is 29.5 Å². The van der Waals surface area contributed by atoms with Gasteiger partial charge in [-0.1, -0.05) is 13.3 Å². The van der Waals surface area contributed by atoms with Gasteiger partial charge in [0, 0.05) is 44.8 Å². The molecule has 3 amide bonds. The molecule has 0 bridgehead atoms. The largest absolute Gasteiger partial charge is 0.491 e. The molecule has 1 aromatic carbocycles. The van der Waals surface area contributed by atoms with Crippen LogP contribution in [0.25, 0.3) is 0 Å². The molecular weight excluding hydrogens is 448 g/mol. The predicted octanol–water partition coefficient (Wildman–Crippen LogP) is 2.32. The monoisotopic (exact) mass is 488 g/mol. The van der Waals surface area contributed by atoms with Gasteiger partial charge in [-0.05, 0) is 52.1 Å². The predicted molar refractivity (Wildman–Crippen MR) is 135 cm³/mol. The van der Waals surface area contributed by atoms with E-state index in [9.17, 15) is 14.4 Å². The zero-order chi connectivity index (χ0) is 25.7. The number of rotatable bonds is 5. The van der Waals surface area contributed by atoms with Gasteiger partial charge in [-0.25, -0.2) is 0 Å². The van der Waals surface area contributed by atoms with Crippen LogP contribution in [0.15, 0.2) is 18.2 Å². The van der Waals surface area contributed by atoms with Crippen molar-refractivity contribution in [3.05, 3.63) is 23.8 Å². The number of nitrogens with one attached hydrogen (secondary N) is 1. The Bertz CT molecular complexity index is 917. The molecule has 9 heteroatoms. The van der Waals surface area contributed by atoms with Crippen LogP contribution in [0.4, 0.5) is 5.69 Å². The van der Waals surface area contributed by atoms with Gasteiger partial charge >= 0.3 is 0 Å². The summed E-state index contributed by atoms with van der Waals surface area (Å²) >= 11 is 0. The topological polar surface area (TPSA) is 91.4 Å². The van der Waals surface area contributed by atoms with Crippen LogP contribution in [-0.2, 0) is 14.3 Å². The summed E-state index contributed by atoms with van der Waals surface area (Å²) < 4.78 is 11.9. The number of hydrogen-bond acceptors (Lipinski definition) is 6. The number of methoxy groups -OCH3 is 1. The molecule has 3 rings (SSSR count). The van der Waals surface area contributed by atoms with Crippen molar-refractivity contribution in [2.24, 2.45) is 11.8 Å². The van der Waals surface area contributed by atoms with Gasteiger partial charge in [0.15, 0.2) is 0 Å². The van der Waals surface area contributed by atoms with Gasteiger partial charge in [0.05, 0.1) is 24.3 Å². The van der Waals surface area contributed by atoms with Crippen molar-refractivity contribution in [3.63, 3.8) is 0 Å². The molecule has 1 N–H and O–H groups in total. The van der Waals surface area contributed by atoms with E-state index in [1.165, 1.54) is 0 Å². The average molecular weight is 489 g/mol. The molecule has 3 atom stereocenters. The van der Waals surface area contributed by atoms with E-state index >= 15 is 0 Å². The van der Waals surface area contributed by atoms with Gasteiger partial charge in [0.2, 0.25) is 11.8 Å². The molecule has 0 radical (unpaired) electrons. The van der Waals surface area contributed by atoms with Gasteiger partial charge in [-0.3, -0.25) is 14.4 Å². The van der Waals surface area contributed by atoms with Crippen LogP contribution in [-0.4, -0.2) is 99.1 Å². The van der Waals surface area contributed by atoms with Crippen LogP contribution < -0.4 is 10.1 Å². The van der Waals surface area contributed by atoms with E-state index in [2.05, 4.69) is 5.32 Å². The maximum atomic E-state index is 13.4. The first-order valence-electron chi connectivity index (χ1n) is 12.4. The lowest BCUT2D eigenvalue weighted by Crippen LogP contribution is -2.50. The lowest BCUT2D eigenvalue weighted by Gasteiger charge is -2.36. The smallest absolute Gasteiger partial charge is 0.257 e. The number of hydrogen-bond donors (Lipinski definition) is 1. The standard InChI is InChI=1S/C26H40N4O5/c1-17-13-30(24(31)15-28(3)4)18(2)16-35-22-11-10-20(27-25(32)19-8-7-9-19)12-21(22)26(33)29(5)14-23(17)34-6/h10-12,17-19,23H,7-9,13-16H2,1-6H3,(H,27,32)/t17-,18-,23+/m0/s1. The summed E-state index contributed by atoms with van der Waals surface area (Å²) in [6.07, 6.45) is 2.62. The maximum absolute atomic E-state index is 13.4. The molecule has 0 spiro atoms. The molecule has 9 nitrogen and oxygen atoms in total. The fourth-order valence-corrected chi connectivity index (χ4v) is 4.48. The van der Waals surface area contributed by atoms with E-state index in [-0.39, 0.29) is 48.3 Å². The summed E-state index contributed by atoms with van der Waals surface area (Å²) in [5.41, 5.74) is 0.950. The molecule has 0 saturated heterocycles. The summed E-state index contributed by atoms with van der Waals surface area (Å²) in [4.78, 5) is 44.3. The Labute approximate surface area is 208 Å². The first-order valence-corrected chi connectivity index (χ1v) is 12.4. The van der Waals surface area contributed by atoms with Crippen molar-refractivity contribution in [1.29, 1.82) is 0 Å². The highest BCUT2D eigenvalue weighted by molar-refractivity contribution is 6.00. The van der Waals surface area contributed by atoms with Crippen LogP contribution in [0.5, 0.6) is 5.75 Å². The summed E-state index contributed by atoms with van der Waals surface area (Å²) in [5.74, 6) is 0.268. The van der Waals surface area contributed by atoms with Gasteiger partial charge in [-0.2, -0.15) is 0 Å². The molecule has 35 heavy (non-hydrogen) atoms. The summed E-state index contributed by atoms with van der Waals surface area (Å²) in [6, 6.07) is 4.95. The SMILES string of the molecule is CO[C@@H]1CN(C)C(=O)c2cc(NC(=O)C3CCC3)ccc2OC[C@H](C)N(C(=O)CN(C)C)C[C@@H]1C. The molecule has 0 aromatic heterocycles. The molecule has 1 saturated carbocycles. The van der Waals surface area contributed by atoms with Gasteiger partial charge in [-0.15, -0.1) is 0 Å². The van der Waals surface area contributed by atoms with Crippen LogP contribution in [0, 0.1) is 11.8 Å². The Morgan fingerprint density at radius 2 is 1.91 bits per heavy atom. The zero-order valence-corrected chi connectivity index (χ0v) is 21.9.